The van der Waals surface area contributed by atoms with E-state index < -0.39 is 20.6 Å². The average Bonchev–Trinajstić information content (AvgIpc) is 2.34. The van der Waals surface area contributed by atoms with Gasteiger partial charge in [0.25, 0.3) is 5.69 Å². The Labute approximate surface area is 116 Å². The lowest BCUT2D eigenvalue weighted by Crippen LogP contribution is -2.39. The van der Waals surface area contributed by atoms with E-state index in [0.29, 0.717) is 12.0 Å². The number of nitrogens with zero attached hydrogens (tertiary/aromatic N) is 1. The molecule has 20 heavy (non-hydrogen) atoms. The van der Waals surface area contributed by atoms with Crippen molar-refractivity contribution < 1.29 is 17.7 Å². The number of benzene rings is 1. The van der Waals surface area contributed by atoms with Gasteiger partial charge in [0.15, 0.2) is 9.84 Å². The lowest BCUT2D eigenvalue weighted by atomic mass is 10.1. The first kappa shape index (κ1) is 14.9. The van der Waals surface area contributed by atoms with Gasteiger partial charge >= 0.3 is 0 Å². The normalized spacial score (nSPS) is 21.6. The van der Waals surface area contributed by atoms with Crippen molar-refractivity contribution in [3.63, 3.8) is 0 Å². The van der Waals surface area contributed by atoms with Gasteiger partial charge in [0, 0.05) is 18.7 Å². The molecule has 1 N–H and O–H groups in total. The van der Waals surface area contributed by atoms with E-state index in [1.807, 2.05) is 0 Å². The maximum Gasteiger partial charge on any atom is 0.272 e. The van der Waals surface area contributed by atoms with Gasteiger partial charge in [-0.2, -0.15) is 0 Å². The molecule has 0 radical (unpaired) electrons. The highest BCUT2D eigenvalue weighted by Gasteiger charge is 2.24. The van der Waals surface area contributed by atoms with Gasteiger partial charge in [0.05, 0.1) is 22.5 Å². The Morgan fingerprint density at radius 1 is 1.40 bits per heavy atom. The average molecular weight is 302 g/mol. The summed E-state index contributed by atoms with van der Waals surface area (Å²) in [5, 5.41) is 13.7. The van der Waals surface area contributed by atoms with Crippen LogP contribution in [0.2, 0.25) is 0 Å². The van der Waals surface area contributed by atoms with Crippen molar-refractivity contribution >= 4 is 15.5 Å². The van der Waals surface area contributed by atoms with E-state index in [9.17, 15) is 22.9 Å². The van der Waals surface area contributed by atoms with Gasteiger partial charge in [-0.1, -0.05) is 0 Å². The van der Waals surface area contributed by atoms with E-state index >= 15 is 0 Å². The van der Waals surface area contributed by atoms with E-state index in [1.165, 1.54) is 12.1 Å². The van der Waals surface area contributed by atoms with Crippen molar-refractivity contribution in [3.8, 4) is 0 Å². The first-order valence-electron chi connectivity index (χ1n) is 6.23. The monoisotopic (exact) mass is 302 g/mol. The summed E-state index contributed by atoms with van der Waals surface area (Å²) in [5.41, 5.74) is 0.123. The summed E-state index contributed by atoms with van der Waals surface area (Å²) in [6.45, 7) is 0.207. The lowest BCUT2D eigenvalue weighted by molar-refractivity contribution is -0.385. The second-order valence-electron chi connectivity index (χ2n) is 4.91. The van der Waals surface area contributed by atoms with Gasteiger partial charge in [0.2, 0.25) is 0 Å². The molecule has 0 bridgehead atoms. The number of non-ortho nitro benzene ring substituents is 1. The second kappa shape index (κ2) is 5.84. The highest BCUT2D eigenvalue weighted by molar-refractivity contribution is 7.91. The Morgan fingerprint density at radius 2 is 2.15 bits per heavy atom. The molecular formula is C12H15FN2O4S. The van der Waals surface area contributed by atoms with E-state index in [4.69, 9.17) is 0 Å². The number of hydrogen-bond acceptors (Lipinski definition) is 5. The van der Waals surface area contributed by atoms with Crippen LogP contribution in [-0.2, 0) is 16.4 Å². The molecule has 0 amide bonds. The van der Waals surface area contributed by atoms with Crippen LogP contribution >= 0.6 is 0 Å². The summed E-state index contributed by atoms with van der Waals surface area (Å²) < 4.78 is 36.2. The third-order valence-electron chi connectivity index (χ3n) is 3.21. The Bertz CT molecular complexity index is 618. The molecule has 6 nitrogen and oxygen atoms in total. The molecule has 1 heterocycles. The molecule has 1 fully saturated rings. The summed E-state index contributed by atoms with van der Waals surface area (Å²) in [6, 6.07) is 3.16. The Balaban J connectivity index is 2.02. The summed E-state index contributed by atoms with van der Waals surface area (Å²) in [7, 11) is -3.01. The fraction of sp³-hybridized carbons (Fsp3) is 0.500. The van der Waals surface area contributed by atoms with Gasteiger partial charge in [0.1, 0.15) is 5.82 Å². The van der Waals surface area contributed by atoms with Crippen molar-refractivity contribution in [2.45, 2.75) is 25.4 Å². The fourth-order valence-electron chi connectivity index (χ4n) is 2.29. The van der Waals surface area contributed by atoms with Crippen LogP contribution in [-0.4, -0.2) is 30.9 Å². The molecule has 0 aromatic heterocycles. The summed E-state index contributed by atoms with van der Waals surface area (Å²) >= 11 is 0. The van der Waals surface area contributed by atoms with Crippen LogP contribution in [0.15, 0.2) is 18.2 Å². The highest BCUT2D eigenvalue weighted by atomic mass is 32.2. The smallest absolute Gasteiger partial charge is 0.272 e. The first-order valence-corrected chi connectivity index (χ1v) is 8.05. The zero-order valence-electron chi connectivity index (χ0n) is 10.7. The number of nitro groups is 1. The molecule has 8 heteroatoms. The number of rotatable bonds is 4. The molecule has 1 aromatic carbocycles. The van der Waals surface area contributed by atoms with Crippen molar-refractivity contribution in [2.75, 3.05) is 11.5 Å². The number of halogens is 1. The van der Waals surface area contributed by atoms with Crippen molar-refractivity contribution in [1.29, 1.82) is 0 Å². The maximum absolute atomic E-state index is 13.2. The minimum Gasteiger partial charge on any atom is -0.309 e. The maximum atomic E-state index is 13.2. The number of hydrogen-bond donors (Lipinski definition) is 1. The van der Waals surface area contributed by atoms with Gasteiger partial charge in [-0.05, 0) is 24.5 Å². The topological polar surface area (TPSA) is 89.3 Å². The van der Waals surface area contributed by atoms with Gasteiger partial charge in [-0.25, -0.2) is 12.8 Å². The zero-order chi connectivity index (χ0) is 14.8. The zero-order valence-corrected chi connectivity index (χ0v) is 11.5. The van der Waals surface area contributed by atoms with E-state index in [2.05, 4.69) is 5.32 Å². The number of nitro benzene ring substituents is 1. The van der Waals surface area contributed by atoms with Crippen molar-refractivity contribution in [3.05, 3.63) is 39.7 Å². The van der Waals surface area contributed by atoms with Crippen LogP contribution in [0, 0.1) is 15.9 Å². The highest BCUT2D eigenvalue weighted by Crippen LogP contribution is 2.17. The molecule has 1 saturated heterocycles. The Morgan fingerprint density at radius 3 is 2.80 bits per heavy atom. The molecule has 1 aliphatic rings. The summed E-state index contributed by atoms with van der Waals surface area (Å²) in [4.78, 5) is 9.98. The molecule has 1 aromatic rings. The molecule has 0 spiro atoms. The molecule has 1 aliphatic heterocycles. The standard InChI is InChI=1S/C12H15FN2O4S/c13-10-4-9(5-12(6-10)15(16)17)7-14-11-2-1-3-20(18,19)8-11/h4-6,11,14H,1-3,7-8H2. The molecule has 0 saturated carbocycles. The summed E-state index contributed by atoms with van der Waals surface area (Å²) in [5.74, 6) is -0.409. The Kier molecular flexibility index (Phi) is 4.34. The van der Waals surface area contributed by atoms with Gasteiger partial charge in [-0.15, -0.1) is 0 Å². The first-order chi connectivity index (χ1) is 9.35. The fourth-order valence-corrected chi connectivity index (χ4v) is 3.96. The van der Waals surface area contributed by atoms with Crippen LogP contribution in [0.1, 0.15) is 18.4 Å². The Hall–Kier alpha value is -1.54. The minimum absolute atomic E-state index is 0.0599. The molecular weight excluding hydrogens is 287 g/mol. The number of sulfone groups is 1. The van der Waals surface area contributed by atoms with Crippen LogP contribution in [0.4, 0.5) is 10.1 Å². The quantitative estimate of drug-likeness (QED) is 0.671. The molecule has 0 aliphatic carbocycles. The number of nitrogens with one attached hydrogen (secondary N) is 1. The molecule has 110 valence electrons. The lowest BCUT2D eigenvalue weighted by Gasteiger charge is -2.23. The summed E-state index contributed by atoms with van der Waals surface area (Å²) in [6.07, 6.45) is 1.33. The van der Waals surface area contributed by atoms with E-state index in [-0.39, 0.29) is 29.8 Å². The molecule has 1 unspecified atom stereocenters. The predicted molar refractivity (Wildman–Crippen MR) is 71.6 cm³/mol. The van der Waals surface area contributed by atoms with Crippen LogP contribution in [0.3, 0.4) is 0 Å². The largest absolute Gasteiger partial charge is 0.309 e. The SMILES string of the molecule is O=[N+]([O-])c1cc(F)cc(CNC2CCCS(=O)(=O)C2)c1. The predicted octanol–water partition coefficient (Wildman–Crippen LogP) is 1.40. The van der Waals surface area contributed by atoms with Crippen molar-refractivity contribution in [1.82, 2.24) is 5.32 Å². The van der Waals surface area contributed by atoms with Gasteiger partial charge < -0.3 is 5.32 Å². The molecule has 1 atom stereocenters. The van der Waals surface area contributed by atoms with Crippen LogP contribution < -0.4 is 5.32 Å². The van der Waals surface area contributed by atoms with Crippen molar-refractivity contribution in [2.24, 2.45) is 0 Å². The minimum atomic E-state index is -3.01. The third-order valence-corrected chi connectivity index (χ3v) is 5.03. The third kappa shape index (κ3) is 3.97. The molecule has 2 rings (SSSR count). The van der Waals surface area contributed by atoms with E-state index in [1.54, 1.807) is 0 Å². The van der Waals surface area contributed by atoms with Crippen LogP contribution in [0.5, 0.6) is 0 Å². The van der Waals surface area contributed by atoms with Gasteiger partial charge in [-0.3, -0.25) is 10.1 Å². The second-order valence-corrected chi connectivity index (χ2v) is 7.14. The van der Waals surface area contributed by atoms with E-state index in [0.717, 1.165) is 12.5 Å². The van der Waals surface area contributed by atoms with Crippen LogP contribution in [0.25, 0.3) is 0 Å².